The molecule has 0 bridgehead atoms. The van der Waals surface area contributed by atoms with Crippen molar-refractivity contribution in [2.45, 2.75) is 19.0 Å². The standard InChI is InChI=1S/C29H27N9O5/c1-17-2-3-18-15-38(26(39)20(18)10-17)16-29(27(40)33-28(41)34-29)23-12-21-22(43-23)11-19(13-32-21)25(35-42)37-8-6-36(7-9-37)24-14-30-4-5-31-24/h2-5,10-14,42H,6-9,15-16H2,1H3,(H2,33,34,40,41)/b35-25+/t29-/m0/s1. The van der Waals surface area contributed by atoms with Gasteiger partial charge < -0.3 is 29.6 Å². The van der Waals surface area contributed by atoms with Gasteiger partial charge in [-0.05, 0) is 24.6 Å². The lowest BCUT2D eigenvalue weighted by Crippen LogP contribution is -2.52. The van der Waals surface area contributed by atoms with Crippen molar-refractivity contribution in [3.8, 4) is 0 Å². The molecule has 1 aromatic carbocycles. The van der Waals surface area contributed by atoms with Crippen LogP contribution in [-0.2, 0) is 16.9 Å². The highest BCUT2D eigenvalue weighted by molar-refractivity contribution is 6.08. The van der Waals surface area contributed by atoms with Crippen molar-refractivity contribution in [2.24, 2.45) is 5.16 Å². The predicted molar refractivity (Wildman–Crippen MR) is 152 cm³/mol. The summed E-state index contributed by atoms with van der Waals surface area (Å²) in [5.41, 5.74) is 1.99. The molecule has 7 rings (SSSR count). The number of nitrogens with one attached hydrogen (secondary N) is 2. The zero-order chi connectivity index (χ0) is 29.7. The molecule has 6 heterocycles. The van der Waals surface area contributed by atoms with Crippen LogP contribution >= 0.6 is 0 Å². The Morgan fingerprint density at radius 2 is 1.91 bits per heavy atom. The molecular weight excluding hydrogens is 554 g/mol. The maximum absolute atomic E-state index is 13.3. The summed E-state index contributed by atoms with van der Waals surface area (Å²) in [6, 6.07) is 8.22. The van der Waals surface area contributed by atoms with Crippen LogP contribution in [0.25, 0.3) is 11.1 Å². The highest BCUT2D eigenvalue weighted by atomic mass is 16.4. The van der Waals surface area contributed by atoms with Gasteiger partial charge in [0.2, 0.25) is 0 Å². The number of aryl methyl sites for hydroxylation is 1. The molecule has 43 heavy (non-hydrogen) atoms. The number of piperazine rings is 1. The second-order valence-electron chi connectivity index (χ2n) is 10.8. The Bertz CT molecular complexity index is 1800. The van der Waals surface area contributed by atoms with Gasteiger partial charge in [0.25, 0.3) is 11.8 Å². The van der Waals surface area contributed by atoms with Gasteiger partial charge in [-0.2, -0.15) is 0 Å². The van der Waals surface area contributed by atoms with Crippen molar-refractivity contribution >= 4 is 40.6 Å². The number of benzene rings is 1. The van der Waals surface area contributed by atoms with Crippen LogP contribution in [0.4, 0.5) is 10.6 Å². The van der Waals surface area contributed by atoms with E-state index in [1.807, 2.05) is 30.0 Å². The van der Waals surface area contributed by atoms with Crippen molar-refractivity contribution in [3.63, 3.8) is 0 Å². The number of pyridine rings is 1. The number of imide groups is 1. The first-order valence-electron chi connectivity index (χ1n) is 13.8. The summed E-state index contributed by atoms with van der Waals surface area (Å²) in [4.78, 5) is 57.5. The smallest absolute Gasteiger partial charge is 0.322 e. The van der Waals surface area contributed by atoms with Crippen LogP contribution in [0.2, 0.25) is 0 Å². The summed E-state index contributed by atoms with van der Waals surface area (Å²) in [6.07, 6.45) is 6.55. The molecule has 0 spiro atoms. The molecule has 3 aliphatic heterocycles. The molecule has 4 aromatic rings. The zero-order valence-electron chi connectivity index (χ0n) is 23.1. The van der Waals surface area contributed by atoms with Crippen LogP contribution in [0.3, 0.4) is 0 Å². The third-order valence-electron chi connectivity index (χ3n) is 8.11. The number of hydrogen-bond acceptors (Lipinski definition) is 10. The number of aromatic nitrogens is 3. The van der Waals surface area contributed by atoms with E-state index in [9.17, 15) is 19.6 Å². The maximum atomic E-state index is 13.3. The third kappa shape index (κ3) is 4.47. The van der Waals surface area contributed by atoms with Gasteiger partial charge in [-0.1, -0.05) is 22.9 Å². The van der Waals surface area contributed by atoms with E-state index in [-0.39, 0.29) is 18.2 Å². The third-order valence-corrected chi connectivity index (χ3v) is 8.11. The molecule has 2 fully saturated rings. The number of rotatable bonds is 5. The van der Waals surface area contributed by atoms with E-state index in [0.29, 0.717) is 60.8 Å². The van der Waals surface area contributed by atoms with E-state index < -0.39 is 17.5 Å². The summed E-state index contributed by atoms with van der Waals surface area (Å²) in [7, 11) is 0. The summed E-state index contributed by atoms with van der Waals surface area (Å²) in [5.74, 6) is 0.378. The fourth-order valence-corrected chi connectivity index (χ4v) is 5.90. The van der Waals surface area contributed by atoms with Crippen LogP contribution in [0.1, 0.15) is 32.8 Å². The van der Waals surface area contributed by atoms with Gasteiger partial charge in [0.05, 0.1) is 12.7 Å². The molecular formula is C29H27N9O5. The normalized spacial score (nSPS) is 20.5. The molecule has 3 N–H and O–H groups in total. The van der Waals surface area contributed by atoms with E-state index in [4.69, 9.17) is 4.42 Å². The lowest BCUT2D eigenvalue weighted by atomic mass is 9.95. The molecule has 0 saturated carbocycles. The molecule has 0 unspecified atom stereocenters. The number of amides is 4. The van der Waals surface area contributed by atoms with Gasteiger partial charge in [0, 0.05) is 68.5 Å². The zero-order valence-corrected chi connectivity index (χ0v) is 23.1. The minimum Gasteiger partial charge on any atom is -0.456 e. The number of fused-ring (bicyclic) bond motifs is 2. The lowest BCUT2D eigenvalue weighted by molar-refractivity contribution is -0.125. The first-order chi connectivity index (χ1) is 20.8. The Kier molecular flexibility index (Phi) is 6.18. The number of hydrogen-bond donors (Lipinski definition) is 3. The second-order valence-corrected chi connectivity index (χ2v) is 10.8. The highest BCUT2D eigenvalue weighted by Crippen LogP contribution is 2.34. The number of amidine groups is 1. The van der Waals surface area contributed by atoms with E-state index >= 15 is 0 Å². The van der Waals surface area contributed by atoms with Crippen LogP contribution in [0.5, 0.6) is 0 Å². The van der Waals surface area contributed by atoms with Crippen molar-refractivity contribution < 1.29 is 24.0 Å². The number of furan rings is 1. The Morgan fingerprint density at radius 3 is 2.63 bits per heavy atom. The fraction of sp³-hybridized carbons (Fsp3) is 0.276. The molecule has 14 heteroatoms. The van der Waals surface area contributed by atoms with Gasteiger partial charge in [-0.15, -0.1) is 0 Å². The molecule has 4 amide bonds. The molecule has 3 aliphatic rings. The van der Waals surface area contributed by atoms with Gasteiger partial charge >= 0.3 is 6.03 Å². The number of oxime groups is 1. The van der Waals surface area contributed by atoms with Gasteiger partial charge in [0.15, 0.2) is 17.0 Å². The number of nitrogens with zero attached hydrogens (tertiary/aromatic N) is 7. The average Bonchev–Trinajstić information content (AvgIpc) is 3.67. The number of carbonyl (C=O) groups is 3. The molecule has 218 valence electrons. The highest BCUT2D eigenvalue weighted by Gasteiger charge is 2.53. The summed E-state index contributed by atoms with van der Waals surface area (Å²) in [6.45, 7) is 4.50. The van der Waals surface area contributed by atoms with Crippen molar-refractivity contribution in [1.82, 2.24) is 35.4 Å². The van der Waals surface area contributed by atoms with Crippen molar-refractivity contribution in [3.05, 3.63) is 83.1 Å². The minimum absolute atomic E-state index is 0.135. The molecule has 1 atom stereocenters. The van der Waals surface area contributed by atoms with E-state index in [0.717, 1.165) is 16.9 Å². The van der Waals surface area contributed by atoms with Crippen LogP contribution in [-0.4, -0.2) is 86.4 Å². The molecule has 0 radical (unpaired) electrons. The Balaban J connectivity index is 1.16. The van der Waals surface area contributed by atoms with E-state index in [1.54, 1.807) is 36.9 Å². The van der Waals surface area contributed by atoms with Gasteiger partial charge in [-0.3, -0.25) is 24.9 Å². The Labute approximate surface area is 245 Å². The Morgan fingerprint density at radius 1 is 1.07 bits per heavy atom. The predicted octanol–water partition coefficient (Wildman–Crippen LogP) is 1.57. The number of urea groups is 1. The van der Waals surface area contributed by atoms with Gasteiger partial charge in [0.1, 0.15) is 17.1 Å². The molecule has 2 saturated heterocycles. The first kappa shape index (κ1) is 26.4. The van der Waals surface area contributed by atoms with Crippen LogP contribution in [0.15, 0.2) is 64.7 Å². The van der Waals surface area contributed by atoms with Crippen molar-refractivity contribution in [1.29, 1.82) is 0 Å². The average molecular weight is 582 g/mol. The number of anilines is 1. The summed E-state index contributed by atoms with van der Waals surface area (Å²) < 4.78 is 6.16. The SMILES string of the molecule is Cc1ccc2c(c1)C(=O)N(C[C@@]1(c3cc4ncc(/C(=N\O)N5CCN(c6cnccn6)CC5)cc4o3)NC(=O)NC1=O)C2. The molecule has 3 aromatic heterocycles. The fourth-order valence-electron chi connectivity index (χ4n) is 5.90. The second kappa shape index (κ2) is 10.1. The lowest BCUT2D eigenvalue weighted by Gasteiger charge is -2.36. The quantitative estimate of drug-likeness (QED) is 0.103. The first-order valence-corrected chi connectivity index (χ1v) is 13.8. The van der Waals surface area contributed by atoms with Crippen LogP contribution in [0, 0.1) is 6.92 Å². The van der Waals surface area contributed by atoms with Crippen LogP contribution < -0.4 is 15.5 Å². The number of carbonyl (C=O) groups excluding carboxylic acids is 3. The summed E-state index contributed by atoms with van der Waals surface area (Å²) >= 11 is 0. The molecule has 0 aliphatic carbocycles. The van der Waals surface area contributed by atoms with Gasteiger partial charge in [-0.25, -0.2) is 9.78 Å². The maximum Gasteiger partial charge on any atom is 0.322 e. The van der Waals surface area contributed by atoms with E-state index in [1.165, 1.54) is 4.90 Å². The van der Waals surface area contributed by atoms with E-state index in [2.05, 4.69) is 35.6 Å². The Hall–Kier alpha value is -5.53. The topological polar surface area (TPSA) is 169 Å². The monoisotopic (exact) mass is 581 g/mol. The molecule has 14 nitrogen and oxygen atoms in total. The largest absolute Gasteiger partial charge is 0.456 e. The minimum atomic E-state index is -1.66. The summed E-state index contributed by atoms with van der Waals surface area (Å²) in [5, 5.41) is 18.5. The van der Waals surface area contributed by atoms with Crippen molar-refractivity contribution in [2.75, 3.05) is 37.6 Å².